The Hall–Kier alpha value is -3.77. The molecule has 0 aliphatic rings. The molecule has 0 radical (unpaired) electrons. The highest BCUT2D eigenvalue weighted by Gasteiger charge is 2.17. The van der Waals surface area contributed by atoms with Crippen molar-refractivity contribution >= 4 is 32.6 Å². The predicted molar refractivity (Wildman–Crippen MR) is 106 cm³/mol. The molecule has 11 nitrogen and oxygen atoms in total. The van der Waals surface area contributed by atoms with Gasteiger partial charge in [-0.25, -0.2) is 18.2 Å². The second kappa shape index (κ2) is 8.71. The molecule has 2 aromatic carbocycles. The first-order valence-corrected chi connectivity index (χ1v) is 10.0. The number of rotatable bonds is 6. The van der Waals surface area contributed by atoms with Crippen LogP contribution in [0.4, 0.5) is 0 Å². The summed E-state index contributed by atoms with van der Waals surface area (Å²) in [6, 6.07) is 11.9. The number of benzene rings is 2. The third-order valence-corrected chi connectivity index (χ3v) is 5.44. The first kappa shape index (κ1) is 21.0. The number of methoxy groups -OCH3 is 1. The second-order valence-corrected chi connectivity index (χ2v) is 7.72. The average molecular weight is 431 g/mol. The molecule has 0 fully saturated rings. The summed E-state index contributed by atoms with van der Waals surface area (Å²) in [5, 5.41) is 6.46. The fourth-order valence-electron chi connectivity index (χ4n) is 2.52. The maximum atomic E-state index is 12.3. The zero-order chi connectivity index (χ0) is 21.7. The van der Waals surface area contributed by atoms with E-state index in [4.69, 9.17) is 4.74 Å². The highest BCUT2D eigenvalue weighted by Crippen LogP contribution is 2.15. The number of sulfonamides is 1. The van der Waals surface area contributed by atoms with Gasteiger partial charge >= 0.3 is 0 Å². The molecule has 3 rings (SSSR count). The van der Waals surface area contributed by atoms with E-state index in [1.54, 1.807) is 12.1 Å². The van der Waals surface area contributed by atoms with Gasteiger partial charge in [-0.3, -0.25) is 25.2 Å². The van der Waals surface area contributed by atoms with Gasteiger partial charge in [0.1, 0.15) is 5.75 Å². The summed E-state index contributed by atoms with van der Waals surface area (Å²) < 4.78 is 31.5. The van der Waals surface area contributed by atoms with Gasteiger partial charge in [0.05, 0.1) is 23.9 Å². The highest BCUT2D eigenvalue weighted by atomic mass is 32.2. The number of nitrogens with zero attached hydrogens (tertiary/aromatic N) is 1. The summed E-state index contributed by atoms with van der Waals surface area (Å²) in [5.74, 6) is -1.11. The van der Waals surface area contributed by atoms with E-state index in [0.717, 1.165) is 0 Å². The van der Waals surface area contributed by atoms with Crippen LogP contribution in [0, 0.1) is 0 Å². The number of hydrogen-bond acceptors (Lipinski definition) is 7. The third-order valence-electron chi connectivity index (χ3n) is 4.02. The SMILES string of the molecule is COc1ccc(S(=O)(=O)NCC(=O)NNC(=O)c2n[nH]c(=O)c3ccccc23)cc1. The molecule has 0 saturated heterocycles. The minimum absolute atomic E-state index is 0.0518. The molecular formula is C18H17N5O6S. The third kappa shape index (κ3) is 4.61. The second-order valence-electron chi connectivity index (χ2n) is 5.95. The van der Waals surface area contributed by atoms with Crippen molar-refractivity contribution < 1.29 is 22.7 Å². The van der Waals surface area contributed by atoms with Gasteiger partial charge < -0.3 is 4.74 Å². The Kier molecular flexibility index (Phi) is 6.09. The summed E-state index contributed by atoms with van der Waals surface area (Å²) in [6.07, 6.45) is 0. The molecule has 30 heavy (non-hydrogen) atoms. The van der Waals surface area contributed by atoms with Crippen LogP contribution in [0.5, 0.6) is 5.75 Å². The Morgan fingerprint density at radius 2 is 1.70 bits per heavy atom. The van der Waals surface area contributed by atoms with Gasteiger partial charge in [-0.2, -0.15) is 5.10 Å². The van der Waals surface area contributed by atoms with E-state index in [1.165, 1.54) is 43.5 Å². The van der Waals surface area contributed by atoms with Crippen LogP contribution in [0.15, 0.2) is 58.2 Å². The zero-order valence-electron chi connectivity index (χ0n) is 15.6. The molecule has 156 valence electrons. The molecule has 2 amide bonds. The molecule has 0 saturated carbocycles. The number of amides is 2. The molecule has 3 aromatic rings. The molecule has 4 N–H and O–H groups in total. The van der Waals surface area contributed by atoms with E-state index >= 15 is 0 Å². The Balaban J connectivity index is 1.60. The van der Waals surface area contributed by atoms with Crippen molar-refractivity contribution in [3.05, 3.63) is 64.6 Å². The summed E-state index contributed by atoms with van der Waals surface area (Å²) in [6.45, 7) is -0.617. The van der Waals surface area contributed by atoms with E-state index in [0.29, 0.717) is 11.1 Å². The van der Waals surface area contributed by atoms with Crippen LogP contribution in [0.1, 0.15) is 10.5 Å². The maximum Gasteiger partial charge on any atom is 0.290 e. The van der Waals surface area contributed by atoms with Gasteiger partial charge in [-0.1, -0.05) is 18.2 Å². The minimum Gasteiger partial charge on any atom is -0.497 e. The number of hydrazine groups is 1. The number of nitrogens with one attached hydrogen (secondary N) is 4. The van der Waals surface area contributed by atoms with Gasteiger partial charge in [0, 0.05) is 5.39 Å². The summed E-state index contributed by atoms with van der Waals surface area (Å²) >= 11 is 0. The van der Waals surface area contributed by atoms with E-state index < -0.39 is 33.9 Å². The van der Waals surface area contributed by atoms with E-state index in [2.05, 4.69) is 25.8 Å². The van der Waals surface area contributed by atoms with Crippen LogP contribution in [0.25, 0.3) is 10.8 Å². The number of ether oxygens (including phenoxy) is 1. The number of carbonyl (C=O) groups is 2. The summed E-state index contributed by atoms with van der Waals surface area (Å²) in [5.41, 5.74) is 3.65. The first-order valence-electron chi connectivity index (χ1n) is 8.52. The number of hydrogen-bond donors (Lipinski definition) is 4. The lowest BCUT2D eigenvalue weighted by atomic mass is 10.1. The van der Waals surface area contributed by atoms with Crippen LogP contribution in [0.3, 0.4) is 0 Å². The van der Waals surface area contributed by atoms with E-state index in [9.17, 15) is 22.8 Å². The van der Waals surface area contributed by atoms with Crippen molar-refractivity contribution in [1.29, 1.82) is 0 Å². The molecule has 0 spiro atoms. The first-order chi connectivity index (χ1) is 14.3. The lowest BCUT2D eigenvalue weighted by Crippen LogP contribution is -2.46. The molecule has 0 aliphatic heterocycles. The number of fused-ring (bicyclic) bond motifs is 1. The van der Waals surface area contributed by atoms with Gasteiger partial charge in [0.2, 0.25) is 10.0 Å². The Morgan fingerprint density at radius 3 is 2.37 bits per heavy atom. The van der Waals surface area contributed by atoms with Crippen LogP contribution < -0.4 is 25.9 Å². The fraction of sp³-hybridized carbons (Fsp3) is 0.111. The van der Waals surface area contributed by atoms with Gasteiger partial charge in [-0.05, 0) is 30.3 Å². The standard InChI is InChI=1S/C18H17N5O6S/c1-29-11-6-8-12(9-7-11)30(27,28)19-10-15(24)20-23-18(26)16-13-4-2-3-5-14(13)17(25)22-21-16/h2-9,19H,10H2,1H3,(H,20,24)(H,22,25)(H,23,26). The van der Waals surface area contributed by atoms with Crippen LogP contribution in [0.2, 0.25) is 0 Å². The summed E-state index contributed by atoms with van der Waals surface area (Å²) in [4.78, 5) is 35.9. The van der Waals surface area contributed by atoms with Crippen LogP contribution in [-0.2, 0) is 14.8 Å². The number of aromatic nitrogens is 2. The van der Waals surface area contributed by atoms with Gasteiger partial charge in [-0.15, -0.1) is 0 Å². The van der Waals surface area contributed by atoms with E-state index in [-0.39, 0.29) is 16.0 Å². The maximum absolute atomic E-state index is 12.3. The number of carbonyl (C=O) groups excluding carboxylic acids is 2. The lowest BCUT2D eigenvalue weighted by molar-refractivity contribution is -0.120. The molecule has 0 unspecified atom stereocenters. The van der Waals surface area contributed by atoms with Crippen molar-refractivity contribution in [2.45, 2.75) is 4.90 Å². The summed E-state index contributed by atoms with van der Waals surface area (Å²) in [7, 11) is -2.49. The number of H-pyrrole nitrogens is 1. The quantitative estimate of drug-likeness (QED) is 0.389. The molecule has 1 aromatic heterocycles. The fourth-order valence-corrected chi connectivity index (χ4v) is 3.50. The molecule has 12 heteroatoms. The normalized spacial score (nSPS) is 11.1. The smallest absolute Gasteiger partial charge is 0.290 e. The zero-order valence-corrected chi connectivity index (χ0v) is 16.4. The average Bonchev–Trinajstić information content (AvgIpc) is 2.76. The molecule has 1 heterocycles. The Labute approximate surface area is 170 Å². The molecule has 0 aliphatic carbocycles. The van der Waals surface area contributed by atoms with Crippen LogP contribution >= 0.6 is 0 Å². The van der Waals surface area contributed by atoms with Gasteiger partial charge in [0.25, 0.3) is 17.4 Å². The molecular weight excluding hydrogens is 414 g/mol. The van der Waals surface area contributed by atoms with Crippen molar-refractivity contribution in [1.82, 2.24) is 25.8 Å². The van der Waals surface area contributed by atoms with Crippen molar-refractivity contribution in [2.24, 2.45) is 0 Å². The number of aromatic amines is 1. The lowest BCUT2D eigenvalue weighted by Gasteiger charge is -2.10. The van der Waals surface area contributed by atoms with Crippen molar-refractivity contribution in [2.75, 3.05) is 13.7 Å². The van der Waals surface area contributed by atoms with Crippen molar-refractivity contribution in [3.8, 4) is 5.75 Å². The predicted octanol–water partition coefficient (Wildman–Crippen LogP) is -0.329. The Bertz CT molecular complexity index is 1250. The molecule has 0 bridgehead atoms. The van der Waals surface area contributed by atoms with Crippen LogP contribution in [-0.4, -0.2) is 44.1 Å². The van der Waals surface area contributed by atoms with E-state index in [1.807, 2.05) is 0 Å². The van der Waals surface area contributed by atoms with Gasteiger partial charge in [0.15, 0.2) is 5.69 Å². The topological polar surface area (TPSA) is 159 Å². The monoisotopic (exact) mass is 431 g/mol. The molecule has 0 atom stereocenters. The Morgan fingerprint density at radius 1 is 1.03 bits per heavy atom. The highest BCUT2D eigenvalue weighted by molar-refractivity contribution is 7.89. The minimum atomic E-state index is -3.94. The largest absolute Gasteiger partial charge is 0.497 e. The van der Waals surface area contributed by atoms with Crippen molar-refractivity contribution in [3.63, 3.8) is 0 Å².